The number of carbonyl (C=O) groups is 5. The normalized spacial score (nSPS) is 21.4. The van der Waals surface area contributed by atoms with Crippen LogP contribution in [0, 0.1) is 10.1 Å². The number of halogens is 2. The fraction of sp³-hybridized carbons (Fsp3) is 0.378. The molecule has 5 heterocycles. The molecule has 1 atom stereocenters. The molecule has 0 aromatic heterocycles. The van der Waals surface area contributed by atoms with E-state index in [2.05, 4.69) is 25.3 Å². The van der Waals surface area contributed by atoms with Crippen molar-refractivity contribution in [2.45, 2.75) is 49.9 Å². The quantitative estimate of drug-likeness (QED) is 0.183. The van der Waals surface area contributed by atoms with Crippen molar-refractivity contribution >= 4 is 69.8 Å². The molecule has 5 aliphatic rings. The number of fused-ring (bicyclic) bond motifs is 1. The highest BCUT2D eigenvalue weighted by Crippen LogP contribution is 2.35. The van der Waals surface area contributed by atoms with Crippen molar-refractivity contribution in [1.82, 2.24) is 20.0 Å². The molecule has 0 aliphatic carbocycles. The molecule has 1 unspecified atom stereocenters. The van der Waals surface area contributed by atoms with Crippen LogP contribution >= 0.6 is 23.2 Å². The second-order valence-corrected chi connectivity index (χ2v) is 15.1. The van der Waals surface area contributed by atoms with E-state index in [9.17, 15) is 34.1 Å². The van der Waals surface area contributed by atoms with Gasteiger partial charge < -0.3 is 15.0 Å². The van der Waals surface area contributed by atoms with Gasteiger partial charge in [-0.25, -0.2) is 0 Å². The second-order valence-electron chi connectivity index (χ2n) is 14.2. The van der Waals surface area contributed by atoms with Gasteiger partial charge in [0, 0.05) is 80.6 Å². The van der Waals surface area contributed by atoms with Crippen molar-refractivity contribution in [2.75, 3.05) is 49.5 Å². The maximum Gasteiger partial charge on any atom is 0.271 e. The number of anilines is 2. The zero-order valence-electron chi connectivity index (χ0n) is 28.8. The number of ether oxygens (including phenoxy) is 1. The molecule has 4 saturated heterocycles. The lowest BCUT2D eigenvalue weighted by Gasteiger charge is -2.55. The number of amides is 5. The highest BCUT2D eigenvalue weighted by Gasteiger charge is 2.46. The first-order valence-electron chi connectivity index (χ1n) is 17.7. The predicted octanol–water partition coefficient (Wildman–Crippen LogP) is 3.97. The van der Waals surface area contributed by atoms with E-state index in [0.29, 0.717) is 22.9 Å². The lowest BCUT2D eigenvalue weighted by molar-refractivity contribution is -0.384. The number of nitro groups is 1. The minimum Gasteiger partial charge on any atom is -0.489 e. The highest BCUT2D eigenvalue weighted by atomic mass is 35.5. The van der Waals surface area contributed by atoms with Gasteiger partial charge in [0.15, 0.2) is 0 Å². The van der Waals surface area contributed by atoms with Gasteiger partial charge >= 0.3 is 0 Å². The van der Waals surface area contributed by atoms with Crippen LogP contribution in [0.5, 0.6) is 5.75 Å². The van der Waals surface area contributed by atoms with Crippen LogP contribution < -0.4 is 20.3 Å². The van der Waals surface area contributed by atoms with E-state index >= 15 is 0 Å². The number of carbonyl (C=O) groups excluding carboxylic acids is 5. The van der Waals surface area contributed by atoms with Crippen LogP contribution in [-0.4, -0.2) is 113 Å². The van der Waals surface area contributed by atoms with E-state index in [1.54, 1.807) is 24.3 Å². The standard InChI is InChI=1S/C37H35Cl2N7O8/c38-20-1-7-32(28(13-20)34(48)40-30-5-3-22(46(52)53)15-29(30)39)54-25-9-11-42(12-10-25)23-16-44(17-23)24-18-43(19-24)21-2-4-26-27(14-21)37(51)45(36(26)50)31-6-8-33(47)41-35(31)49/h1-5,7,13-15,23-25,31H,6,8-12,16-19H2,(H,40,48)(H,41,47,49). The molecule has 4 fully saturated rings. The summed E-state index contributed by atoms with van der Waals surface area (Å²) in [6, 6.07) is 13.7. The summed E-state index contributed by atoms with van der Waals surface area (Å²) >= 11 is 12.4. The van der Waals surface area contributed by atoms with Gasteiger partial charge in [-0.3, -0.25) is 54.1 Å². The molecule has 15 nitrogen and oxygen atoms in total. The van der Waals surface area contributed by atoms with E-state index < -0.39 is 40.5 Å². The van der Waals surface area contributed by atoms with Gasteiger partial charge in [-0.15, -0.1) is 0 Å². The fourth-order valence-corrected chi connectivity index (χ4v) is 8.19. The number of likely N-dealkylation sites (tertiary alicyclic amines) is 2. The number of rotatable bonds is 9. The zero-order valence-corrected chi connectivity index (χ0v) is 30.3. The molecule has 54 heavy (non-hydrogen) atoms. The average Bonchev–Trinajstić information content (AvgIpc) is 3.35. The molecule has 0 spiro atoms. The topological polar surface area (TPSA) is 175 Å². The van der Waals surface area contributed by atoms with Crippen molar-refractivity contribution in [3.05, 3.63) is 91.4 Å². The number of hydrogen-bond donors (Lipinski definition) is 2. The van der Waals surface area contributed by atoms with Gasteiger partial charge in [0.25, 0.3) is 23.4 Å². The Bertz CT molecular complexity index is 2100. The van der Waals surface area contributed by atoms with Crippen LogP contribution in [0.2, 0.25) is 10.0 Å². The second kappa shape index (κ2) is 14.3. The Morgan fingerprint density at radius 2 is 1.57 bits per heavy atom. The van der Waals surface area contributed by atoms with Gasteiger partial charge in [0.1, 0.15) is 17.9 Å². The van der Waals surface area contributed by atoms with Crippen LogP contribution in [0.3, 0.4) is 0 Å². The Labute approximate surface area is 319 Å². The summed E-state index contributed by atoms with van der Waals surface area (Å²) in [4.78, 5) is 82.1. The Morgan fingerprint density at radius 1 is 0.852 bits per heavy atom. The van der Waals surface area contributed by atoms with Crippen molar-refractivity contribution in [1.29, 1.82) is 0 Å². The van der Waals surface area contributed by atoms with Crippen molar-refractivity contribution in [3.8, 4) is 5.75 Å². The first-order valence-corrected chi connectivity index (χ1v) is 18.5. The largest absolute Gasteiger partial charge is 0.489 e. The number of nitrogens with one attached hydrogen (secondary N) is 2. The Balaban J connectivity index is 0.803. The monoisotopic (exact) mass is 775 g/mol. The molecule has 3 aromatic carbocycles. The minimum absolute atomic E-state index is 0.0377. The van der Waals surface area contributed by atoms with Crippen LogP contribution in [0.4, 0.5) is 17.1 Å². The summed E-state index contributed by atoms with van der Waals surface area (Å²) in [7, 11) is 0. The van der Waals surface area contributed by atoms with Gasteiger partial charge in [-0.1, -0.05) is 23.2 Å². The first kappa shape index (κ1) is 35.9. The molecule has 0 radical (unpaired) electrons. The summed E-state index contributed by atoms with van der Waals surface area (Å²) in [5.74, 6) is -2.15. The number of benzene rings is 3. The van der Waals surface area contributed by atoms with Crippen LogP contribution in [0.15, 0.2) is 54.6 Å². The summed E-state index contributed by atoms with van der Waals surface area (Å²) in [6.45, 7) is 5.21. The summed E-state index contributed by atoms with van der Waals surface area (Å²) in [6.07, 6.45) is 1.67. The third-order valence-electron chi connectivity index (χ3n) is 10.9. The summed E-state index contributed by atoms with van der Waals surface area (Å²) < 4.78 is 6.33. The molecule has 3 aromatic rings. The fourth-order valence-electron chi connectivity index (χ4n) is 7.80. The molecule has 0 saturated carbocycles. The Morgan fingerprint density at radius 3 is 2.28 bits per heavy atom. The molecule has 5 amide bonds. The predicted molar refractivity (Wildman–Crippen MR) is 197 cm³/mol. The van der Waals surface area contributed by atoms with Crippen LogP contribution in [0.25, 0.3) is 0 Å². The Kier molecular flexibility index (Phi) is 9.50. The smallest absolute Gasteiger partial charge is 0.271 e. The molecule has 17 heteroatoms. The van der Waals surface area contributed by atoms with Crippen molar-refractivity contribution in [2.24, 2.45) is 0 Å². The number of hydrogen-bond acceptors (Lipinski definition) is 11. The molecular formula is C37H35Cl2N7O8. The van der Waals surface area contributed by atoms with Gasteiger partial charge in [0.2, 0.25) is 11.8 Å². The number of nitro benzene ring substituents is 1. The van der Waals surface area contributed by atoms with Crippen LogP contribution in [0.1, 0.15) is 56.8 Å². The third kappa shape index (κ3) is 6.76. The van der Waals surface area contributed by atoms with Gasteiger partial charge in [0.05, 0.1) is 32.3 Å². The van der Waals surface area contributed by atoms with Crippen molar-refractivity contribution < 1.29 is 33.6 Å². The van der Waals surface area contributed by atoms with E-state index in [4.69, 9.17) is 27.9 Å². The maximum atomic E-state index is 13.3. The zero-order chi connectivity index (χ0) is 37.8. The molecular weight excluding hydrogens is 741 g/mol. The SMILES string of the molecule is O=C1CCC(N2C(=O)c3ccc(N4CC(N5CC(N6CCC(Oc7ccc(Cl)cc7C(=O)Nc7ccc([N+](=O)[O-])cc7Cl)CC6)C5)C4)cc3C2=O)C(=O)N1. The van der Waals surface area contributed by atoms with Crippen LogP contribution in [-0.2, 0) is 9.59 Å². The summed E-state index contributed by atoms with van der Waals surface area (Å²) in [5, 5.41) is 16.4. The van der Waals surface area contributed by atoms with E-state index in [-0.39, 0.29) is 52.0 Å². The molecule has 2 N–H and O–H groups in total. The van der Waals surface area contributed by atoms with Gasteiger partial charge in [-0.05, 0) is 61.7 Å². The molecule has 280 valence electrons. The lowest BCUT2D eigenvalue weighted by atomic mass is 9.95. The van der Waals surface area contributed by atoms with E-state index in [1.165, 1.54) is 24.3 Å². The minimum atomic E-state index is -0.988. The molecule has 0 bridgehead atoms. The molecule has 8 rings (SSSR count). The number of piperidine rings is 2. The Hall–Kier alpha value is -5.09. The lowest BCUT2D eigenvalue weighted by Crippen LogP contribution is -2.70. The summed E-state index contributed by atoms with van der Waals surface area (Å²) in [5.41, 5.74) is 1.69. The van der Waals surface area contributed by atoms with Crippen molar-refractivity contribution in [3.63, 3.8) is 0 Å². The first-order chi connectivity index (χ1) is 25.9. The van der Waals surface area contributed by atoms with Gasteiger partial charge in [-0.2, -0.15) is 0 Å². The average molecular weight is 777 g/mol. The van der Waals surface area contributed by atoms with E-state index in [1.807, 2.05) is 6.07 Å². The highest BCUT2D eigenvalue weighted by molar-refractivity contribution is 6.34. The molecule has 5 aliphatic heterocycles. The number of imide groups is 2. The third-order valence-corrected chi connectivity index (χ3v) is 11.5. The maximum absolute atomic E-state index is 13.3. The van der Waals surface area contributed by atoms with E-state index in [0.717, 1.165) is 62.7 Å². The number of non-ortho nitro benzene ring substituents is 1. The number of nitrogens with zero attached hydrogens (tertiary/aromatic N) is 5.